The molecule has 0 fully saturated rings. The molecule has 2 aromatic rings. The van der Waals surface area contributed by atoms with Crippen LogP contribution in [0.15, 0.2) is 36.4 Å². The lowest BCUT2D eigenvalue weighted by molar-refractivity contribution is 0.0677. The molecule has 1 aliphatic rings. The molecule has 0 saturated carbocycles. The molecule has 0 saturated heterocycles. The van der Waals surface area contributed by atoms with Crippen LogP contribution < -0.4 is 9.47 Å². The average Bonchev–Trinajstić information content (AvgIpc) is 2.62. The summed E-state index contributed by atoms with van der Waals surface area (Å²) >= 11 is 0. The largest absolute Gasteiger partial charge is 0.493 e. The Kier molecular flexibility index (Phi) is 4.93. The third kappa shape index (κ3) is 3.31. The molecule has 0 bridgehead atoms. The van der Waals surface area contributed by atoms with E-state index in [2.05, 4.69) is 0 Å². The van der Waals surface area contributed by atoms with E-state index in [-0.39, 0.29) is 17.8 Å². The van der Waals surface area contributed by atoms with Crippen molar-refractivity contribution in [2.75, 3.05) is 20.3 Å². The number of nitrogens with zero attached hydrogens (tertiary/aromatic N) is 1. The van der Waals surface area contributed by atoms with E-state index in [1.54, 1.807) is 30.2 Å². The lowest BCUT2D eigenvalue weighted by atomic mass is 9.93. The third-order valence-corrected chi connectivity index (χ3v) is 4.62. The van der Waals surface area contributed by atoms with Crippen molar-refractivity contribution < 1.29 is 18.7 Å². The summed E-state index contributed by atoms with van der Waals surface area (Å²) in [6.45, 7) is 4.95. The van der Waals surface area contributed by atoms with Crippen LogP contribution in [0.4, 0.5) is 4.39 Å². The van der Waals surface area contributed by atoms with Crippen molar-refractivity contribution in [1.29, 1.82) is 0 Å². The number of methoxy groups -OCH3 is 1. The van der Waals surface area contributed by atoms with Crippen molar-refractivity contribution in [3.63, 3.8) is 0 Å². The van der Waals surface area contributed by atoms with E-state index < -0.39 is 0 Å². The Morgan fingerprint density at radius 1 is 1.24 bits per heavy atom. The summed E-state index contributed by atoms with van der Waals surface area (Å²) in [6, 6.07) is 9.81. The first-order chi connectivity index (χ1) is 12.0. The number of amides is 1. The van der Waals surface area contributed by atoms with Gasteiger partial charge in [0.25, 0.3) is 5.91 Å². The lowest BCUT2D eigenvalue weighted by Crippen LogP contribution is -2.38. The maximum atomic E-state index is 13.6. The van der Waals surface area contributed by atoms with Crippen LogP contribution in [0.25, 0.3) is 0 Å². The van der Waals surface area contributed by atoms with Crippen LogP contribution in [0.2, 0.25) is 0 Å². The Morgan fingerprint density at radius 3 is 2.76 bits per heavy atom. The first kappa shape index (κ1) is 17.3. The summed E-state index contributed by atoms with van der Waals surface area (Å²) in [6.07, 6.45) is 0.722. The number of rotatable bonds is 4. The van der Waals surface area contributed by atoms with E-state index in [9.17, 15) is 9.18 Å². The molecule has 4 nitrogen and oxygen atoms in total. The van der Waals surface area contributed by atoms with Gasteiger partial charge >= 0.3 is 0 Å². The molecule has 0 aliphatic carbocycles. The first-order valence-electron chi connectivity index (χ1n) is 8.45. The summed E-state index contributed by atoms with van der Waals surface area (Å²) in [5, 5.41) is 0. The van der Waals surface area contributed by atoms with Crippen molar-refractivity contribution in [2.45, 2.75) is 26.3 Å². The quantitative estimate of drug-likeness (QED) is 0.842. The van der Waals surface area contributed by atoms with Gasteiger partial charge in [0.2, 0.25) is 0 Å². The van der Waals surface area contributed by atoms with Crippen molar-refractivity contribution >= 4 is 5.91 Å². The smallest absolute Gasteiger partial charge is 0.254 e. The van der Waals surface area contributed by atoms with Crippen LogP contribution in [-0.2, 0) is 6.42 Å². The van der Waals surface area contributed by atoms with E-state index in [4.69, 9.17) is 9.47 Å². The summed E-state index contributed by atoms with van der Waals surface area (Å²) in [5.74, 6) is 0.774. The van der Waals surface area contributed by atoms with Crippen molar-refractivity contribution in [1.82, 2.24) is 4.90 Å². The second-order valence-electron chi connectivity index (χ2n) is 6.07. The van der Waals surface area contributed by atoms with Gasteiger partial charge in [-0.3, -0.25) is 4.79 Å². The fourth-order valence-corrected chi connectivity index (χ4v) is 3.30. The van der Waals surface area contributed by atoms with E-state index in [0.29, 0.717) is 30.2 Å². The molecule has 132 valence electrons. The second kappa shape index (κ2) is 7.13. The molecule has 0 N–H and O–H groups in total. The topological polar surface area (TPSA) is 38.8 Å². The zero-order valence-corrected chi connectivity index (χ0v) is 14.7. The number of ether oxygens (including phenoxy) is 2. The maximum Gasteiger partial charge on any atom is 0.254 e. The van der Waals surface area contributed by atoms with Gasteiger partial charge < -0.3 is 14.4 Å². The third-order valence-electron chi connectivity index (χ3n) is 4.62. The summed E-state index contributed by atoms with van der Waals surface area (Å²) in [4.78, 5) is 14.8. The van der Waals surface area contributed by atoms with Crippen LogP contribution >= 0.6 is 0 Å². The van der Waals surface area contributed by atoms with Crippen LogP contribution in [0.3, 0.4) is 0 Å². The Bertz CT molecular complexity index is 791. The highest BCUT2D eigenvalue weighted by Crippen LogP contribution is 2.33. The maximum absolute atomic E-state index is 13.6. The number of halogens is 1. The van der Waals surface area contributed by atoms with Crippen LogP contribution in [-0.4, -0.2) is 31.1 Å². The van der Waals surface area contributed by atoms with Gasteiger partial charge in [-0.1, -0.05) is 6.07 Å². The molecular weight excluding hydrogens is 321 g/mol. The van der Waals surface area contributed by atoms with Crippen molar-refractivity contribution in [2.24, 2.45) is 0 Å². The SMILES string of the molecule is CCOc1ccc(C(=O)N2CCc3ccc(F)cc3C2C)cc1OC. The predicted molar refractivity (Wildman–Crippen MR) is 93.7 cm³/mol. The molecule has 0 radical (unpaired) electrons. The van der Waals surface area contributed by atoms with Gasteiger partial charge in [-0.15, -0.1) is 0 Å². The fourth-order valence-electron chi connectivity index (χ4n) is 3.30. The highest BCUT2D eigenvalue weighted by atomic mass is 19.1. The van der Waals surface area contributed by atoms with E-state index in [0.717, 1.165) is 17.5 Å². The fraction of sp³-hybridized carbons (Fsp3) is 0.350. The number of benzene rings is 2. The molecule has 0 spiro atoms. The monoisotopic (exact) mass is 343 g/mol. The minimum absolute atomic E-state index is 0.0937. The minimum atomic E-state index is -0.275. The number of carbonyl (C=O) groups excluding carboxylic acids is 1. The van der Waals surface area contributed by atoms with Gasteiger partial charge in [-0.25, -0.2) is 4.39 Å². The molecule has 3 rings (SSSR count). The highest BCUT2D eigenvalue weighted by molar-refractivity contribution is 5.95. The Hall–Kier alpha value is -2.56. The molecule has 25 heavy (non-hydrogen) atoms. The van der Waals surface area contributed by atoms with Crippen LogP contribution in [0, 0.1) is 5.82 Å². The molecule has 2 aromatic carbocycles. The van der Waals surface area contributed by atoms with E-state index >= 15 is 0 Å². The molecule has 1 amide bonds. The Balaban J connectivity index is 1.88. The van der Waals surface area contributed by atoms with Gasteiger partial charge in [0.05, 0.1) is 19.8 Å². The summed E-state index contributed by atoms with van der Waals surface area (Å²) in [5.41, 5.74) is 2.51. The molecule has 5 heteroatoms. The molecule has 0 aromatic heterocycles. The number of hydrogen-bond donors (Lipinski definition) is 0. The molecule has 1 aliphatic heterocycles. The van der Waals surface area contributed by atoms with Gasteiger partial charge in [0, 0.05) is 12.1 Å². The van der Waals surface area contributed by atoms with Gasteiger partial charge in [0.15, 0.2) is 11.5 Å². The number of carbonyl (C=O) groups is 1. The van der Waals surface area contributed by atoms with Gasteiger partial charge in [0.1, 0.15) is 5.82 Å². The molecule has 1 unspecified atom stereocenters. The van der Waals surface area contributed by atoms with Crippen LogP contribution in [0.1, 0.15) is 41.4 Å². The summed E-state index contributed by atoms with van der Waals surface area (Å²) in [7, 11) is 1.55. The normalized spacial score (nSPS) is 16.3. The van der Waals surface area contributed by atoms with Crippen molar-refractivity contribution in [3.8, 4) is 11.5 Å². The summed E-state index contributed by atoms with van der Waals surface area (Å²) < 4.78 is 24.4. The zero-order valence-electron chi connectivity index (χ0n) is 14.7. The predicted octanol–water partition coefficient (Wildman–Crippen LogP) is 3.99. The number of fused-ring (bicyclic) bond motifs is 1. The molecule has 1 heterocycles. The standard InChI is InChI=1S/C20H22FNO3/c1-4-25-18-8-6-15(11-19(18)24-3)20(23)22-10-9-14-5-7-16(21)12-17(14)13(22)2/h5-8,11-13H,4,9-10H2,1-3H3. The first-order valence-corrected chi connectivity index (χ1v) is 8.45. The van der Waals surface area contributed by atoms with E-state index in [1.807, 2.05) is 19.9 Å². The number of hydrogen-bond acceptors (Lipinski definition) is 3. The van der Waals surface area contributed by atoms with Crippen molar-refractivity contribution in [3.05, 3.63) is 58.9 Å². The zero-order chi connectivity index (χ0) is 18.0. The average molecular weight is 343 g/mol. The van der Waals surface area contributed by atoms with Crippen LogP contribution in [0.5, 0.6) is 11.5 Å². The lowest BCUT2D eigenvalue weighted by Gasteiger charge is -2.35. The van der Waals surface area contributed by atoms with Gasteiger partial charge in [-0.2, -0.15) is 0 Å². The molecular formula is C20H22FNO3. The second-order valence-corrected chi connectivity index (χ2v) is 6.07. The molecule has 1 atom stereocenters. The highest BCUT2D eigenvalue weighted by Gasteiger charge is 2.29. The minimum Gasteiger partial charge on any atom is -0.493 e. The van der Waals surface area contributed by atoms with E-state index in [1.165, 1.54) is 12.1 Å². The Morgan fingerprint density at radius 2 is 2.04 bits per heavy atom. The van der Waals surface area contributed by atoms with Gasteiger partial charge in [-0.05, 0) is 61.7 Å². The Labute approximate surface area is 147 Å².